The van der Waals surface area contributed by atoms with Crippen LogP contribution in [0.2, 0.25) is 0 Å². The number of carbonyl (C=O) groups excluding carboxylic acids is 2. The highest BCUT2D eigenvalue weighted by molar-refractivity contribution is 8.03. The highest BCUT2D eigenvalue weighted by Gasteiger charge is 2.27. The molecule has 5 nitrogen and oxygen atoms in total. The molecule has 33 heavy (non-hydrogen) atoms. The zero-order valence-electron chi connectivity index (χ0n) is 20.0. The number of ether oxygens (including phenoxy) is 2. The van der Waals surface area contributed by atoms with E-state index in [1.165, 1.54) is 12.7 Å². The number of benzene rings is 1. The second kappa shape index (κ2) is 15.7. The van der Waals surface area contributed by atoms with Crippen molar-refractivity contribution in [3.63, 3.8) is 0 Å². The molecule has 1 aliphatic rings. The molecule has 0 spiro atoms. The summed E-state index contributed by atoms with van der Waals surface area (Å²) in [5.41, 5.74) is 1.22. The summed E-state index contributed by atoms with van der Waals surface area (Å²) in [6.07, 6.45) is 11.0. The van der Waals surface area contributed by atoms with Gasteiger partial charge in [0.25, 0.3) is 0 Å². The third kappa shape index (κ3) is 10.6. The maximum atomic E-state index is 12.1. The third-order valence-electron chi connectivity index (χ3n) is 5.63. The summed E-state index contributed by atoms with van der Waals surface area (Å²) in [4.78, 5) is 24.4. The van der Waals surface area contributed by atoms with Crippen LogP contribution in [0.15, 0.2) is 53.1 Å². The molecule has 0 bridgehead atoms. The zero-order valence-corrected chi connectivity index (χ0v) is 20.8. The predicted molar refractivity (Wildman–Crippen MR) is 134 cm³/mol. The number of hydrogen-bond acceptors (Lipinski definition) is 6. The number of unbranched alkanes of at least 4 members (excludes halogenated alkanes) is 2. The molecule has 1 N–H and O–H groups in total. The fourth-order valence-electron chi connectivity index (χ4n) is 3.76. The van der Waals surface area contributed by atoms with Crippen LogP contribution in [0.4, 0.5) is 0 Å². The van der Waals surface area contributed by atoms with Crippen molar-refractivity contribution in [1.29, 1.82) is 0 Å². The summed E-state index contributed by atoms with van der Waals surface area (Å²) in [5.74, 6) is 1.53. The van der Waals surface area contributed by atoms with Crippen molar-refractivity contribution < 1.29 is 24.2 Å². The minimum Gasteiger partial charge on any atom is -0.469 e. The molecule has 0 aromatic heterocycles. The van der Waals surface area contributed by atoms with Crippen molar-refractivity contribution in [2.24, 2.45) is 5.92 Å². The third-order valence-corrected chi connectivity index (χ3v) is 6.97. The molecule has 0 radical (unpaired) electrons. The van der Waals surface area contributed by atoms with Gasteiger partial charge in [0.15, 0.2) is 0 Å². The zero-order chi connectivity index (χ0) is 23.9. The van der Waals surface area contributed by atoms with Gasteiger partial charge >= 0.3 is 11.9 Å². The molecular formula is C27H38O5S. The molecule has 1 aromatic rings. The molecule has 0 fully saturated rings. The second-order valence-electron chi connectivity index (χ2n) is 8.37. The molecule has 1 aromatic carbocycles. The maximum absolute atomic E-state index is 12.1. The number of esters is 2. The van der Waals surface area contributed by atoms with E-state index in [2.05, 4.69) is 22.9 Å². The average Bonchev–Trinajstić information content (AvgIpc) is 3.20. The Hall–Kier alpha value is -2.05. The Labute approximate surface area is 202 Å². The molecule has 6 heteroatoms. The van der Waals surface area contributed by atoms with Gasteiger partial charge in [-0.1, -0.05) is 55.8 Å². The maximum Gasteiger partial charge on any atom is 0.310 e. The molecule has 2 rings (SSSR count). The number of methoxy groups -OCH3 is 1. The first-order chi connectivity index (χ1) is 16.0. The van der Waals surface area contributed by atoms with Gasteiger partial charge in [-0.25, -0.2) is 0 Å². The lowest BCUT2D eigenvalue weighted by Gasteiger charge is -2.13. The van der Waals surface area contributed by atoms with E-state index in [1.54, 1.807) is 11.8 Å². The number of carbonyl (C=O) groups is 2. The molecule has 0 amide bonds. The van der Waals surface area contributed by atoms with Crippen LogP contribution in [-0.2, 0) is 25.5 Å². The highest BCUT2D eigenvalue weighted by Crippen LogP contribution is 2.41. The fourth-order valence-corrected chi connectivity index (χ4v) is 5.05. The number of allylic oxidation sites excluding steroid dienone is 3. The Kier molecular flexibility index (Phi) is 13.0. The lowest BCUT2D eigenvalue weighted by molar-refractivity contribution is -0.141. The Bertz CT molecular complexity index is 787. The topological polar surface area (TPSA) is 72.8 Å². The van der Waals surface area contributed by atoms with Crippen LogP contribution in [0, 0.1) is 5.92 Å². The van der Waals surface area contributed by atoms with Crippen molar-refractivity contribution in [2.45, 2.75) is 77.2 Å². The SMILES string of the molecule is CCCC(=O)OC1=C(SCCCCCC(=O)OC)C(/C=C/C(O)CCc2ccccc2)CC1. The van der Waals surface area contributed by atoms with Gasteiger partial charge in [-0.15, -0.1) is 11.8 Å². The lowest BCUT2D eigenvalue weighted by atomic mass is 10.0. The molecule has 2 atom stereocenters. The van der Waals surface area contributed by atoms with Crippen LogP contribution in [0.1, 0.15) is 70.3 Å². The summed E-state index contributed by atoms with van der Waals surface area (Å²) >= 11 is 1.74. The monoisotopic (exact) mass is 474 g/mol. The molecular weight excluding hydrogens is 436 g/mol. The summed E-state index contributed by atoms with van der Waals surface area (Å²) < 4.78 is 10.4. The van der Waals surface area contributed by atoms with E-state index < -0.39 is 6.10 Å². The second-order valence-corrected chi connectivity index (χ2v) is 9.51. The fraction of sp³-hybridized carbons (Fsp3) is 0.556. The Morgan fingerprint density at radius 3 is 2.67 bits per heavy atom. The number of thioether (sulfide) groups is 1. The highest BCUT2D eigenvalue weighted by atomic mass is 32.2. The van der Waals surface area contributed by atoms with Gasteiger partial charge in [0, 0.05) is 30.1 Å². The van der Waals surface area contributed by atoms with Crippen molar-refractivity contribution in [1.82, 2.24) is 0 Å². The standard InChI is InChI=1S/C27H38O5S/c1-3-10-26(30)32-24-19-16-22(27(24)33-20-9-5-8-13-25(29)31-2)15-18-23(28)17-14-21-11-6-4-7-12-21/h4,6-7,11-12,15,18,22-23,28H,3,5,8-10,13-14,16-17,19-20H2,1-2H3/b18-15+. The largest absolute Gasteiger partial charge is 0.469 e. The first-order valence-electron chi connectivity index (χ1n) is 12.1. The van der Waals surface area contributed by atoms with Gasteiger partial charge < -0.3 is 14.6 Å². The summed E-state index contributed by atoms with van der Waals surface area (Å²) in [7, 11) is 1.42. The number of hydrogen-bond donors (Lipinski definition) is 1. The van der Waals surface area contributed by atoms with E-state index in [0.29, 0.717) is 19.3 Å². The molecule has 1 aliphatic carbocycles. The van der Waals surface area contributed by atoms with Crippen molar-refractivity contribution in [3.05, 3.63) is 58.7 Å². The number of aryl methyl sites for hydroxylation is 1. The van der Waals surface area contributed by atoms with Crippen molar-refractivity contribution in [2.75, 3.05) is 12.9 Å². The van der Waals surface area contributed by atoms with Gasteiger partial charge in [-0.2, -0.15) is 0 Å². The van der Waals surface area contributed by atoms with E-state index in [4.69, 9.17) is 4.74 Å². The molecule has 0 heterocycles. The predicted octanol–water partition coefficient (Wildman–Crippen LogP) is 5.97. The van der Waals surface area contributed by atoms with E-state index in [1.807, 2.05) is 31.2 Å². The minimum absolute atomic E-state index is 0.165. The van der Waals surface area contributed by atoms with E-state index in [-0.39, 0.29) is 17.9 Å². The number of aliphatic hydroxyl groups is 1. The first-order valence-corrected chi connectivity index (χ1v) is 13.1. The smallest absolute Gasteiger partial charge is 0.310 e. The molecule has 2 unspecified atom stereocenters. The lowest BCUT2D eigenvalue weighted by Crippen LogP contribution is -2.06. The normalized spacial score (nSPS) is 16.9. The van der Waals surface area contributed by atoms with Crippen LogP contribution in [0.5, 0.6) is 0 Å². The minimum atomic E-state index is -0.499. The van der Waals surface area contributed by atoms with Crippen molar-refractivity contribution >= 4 is 23.7 Å². The molecule has 0 saturated heterocycles. The van der Waals surface area contributed by atoms with Crippen LogP contribution in [0.3, 0.4) is 0 Å². The summed E-state index contributed by atoms with van der Waals surface area (Å²) in [5, 5.41) is 10.4. The first kappa shape index (κ1) is 27.2. The average molecular weight is 475 g/mol. The van der Waals surface area contributed by atoms with Gasteiger partial charge in [0.1, 0.15) is 5.76 Å². The van der Waals surface area contributed by atoms with E-state index in [9.17, 15) is 14.7 Å². The molecule has 0 saturated carbocycles. The van der Waals surface area contributed by atoms with Crippen LogP contribution < -0.4 is 0 Å². The number of aliphatic hydroxyl groups excluding tert-OH is 1. The summed E-state index contributed by atoms with van der Waals surface area (Å²) in [6.45, 7) is 1.97. The van der Waals surface area contributed by atoms with Crippen LogP contribution >= 0.6 is 11.8 Å². The van der Waals surface area contributed by atoms with Gasteiger partial charge in [-0.3, -0.25) is 9.59 Å². The van der Waals surface area contributed by atoms with Gasteiger partial charge in [0.2, 0.25) is 0 Å². The van der Waals surface area contributed by atoms with E-state index >= 15 is 0 Å². The quantitative estimate of drug-likeness (QED) is 0.192. The number of rotatable bonds is 15. The van der Waals surface area contributed by atoms with Crippen LogP contribution in [0.25, 0.3) is 0 Å². The Morgan fingerprint density at radius 2 is 1.94 bits per heavy atom. The van der Waals surface area contributed by atoms with Crippen molar-refractivity contribution in [3.8, 4) is 0 Å². The van der Waals surface area contributed by atoms with Gasteiger partial charge in [0.05, 0.1) is 13.2 Å². The Balaban J connectivity index is 1.90. The molecule has 182 valence electrons. The summed E-state index contributed by atoms with van der Waals surface area (Å²) in [6, 6.07) is 10.2. The van der Waals surface area contributed by atoms with Gasteiger partial charge in [-0.05, 0) is 49.8 Å². The van der Waals surface area contributed by atoms with E-state index in [0.717, 1.165) is 61.4 Å². The molecule has 0 aliphatic heterocycles. The Morgan fingerprint density at radius 1 is 1.15 bits per heavy atom. The van der Waals surface area contributed by atoms with Crippen LogP contribution in [-0.4, -0.2) is 36.0 Å².